The Morgan fingerprint density at radius 1 is 1.06 bits per heavy atom. The number of hydrogen-bond acceptors (Lipinski definition) is 7. The summed E-state index contributed by atoms with van der Waals surface area (Å²) in [7, 11) is 3.70. The maximum absolute atomic E-state index is 10.7. The van der Waals surface area contributed by atoms with Crippen molar-refractivity contribution in [2.24, 2.45) is 11.5 Å². The molecule has 1 fully saturated rings. The third kappa shape index (κ3) is 7.05. The van der Waals surface area contributed by atoms with Crippen molar-refractivity contribution in [3.8, 4) is 11.5 Å². The number of piperidine rings is 1. The molecule has 0 saturated carbocycles. The molecule has 7 nitrogen and oxygen atoms in total. The first-order valence-corrected chi connectivity index (χ1v) is 12.2. The van der Waals surface area contributed by atoms with E-state index < -0.39 is 0 Å². The van der Waals surface area contributed by atoms with Gasteiger partial charge in [-0.1, -0.05) is 6.07 Å². The SMILES string of the molecule is COCCCOc1ccc2cc(/C(N)=C/C=C(\N)N(C)C3CC(C)(C)NC(C)(C)C3)c(O)cc2c1. The standard InChI is InChI=1S/C28H42N4O3/c1-27(2)17-21(18-28(3,4)31-27)32(5)26(30)11-10-24(29)23-15-19-8-9-22(35-13-7-12-34-6)14-20(19)16-25(23)33/h8-11,14-16,21,31,33H,7,12-13,17-18,29-30H2,1-6H3/b24-10-,26-11+. The van der Waals surface area contributed by atoms with Crippen molar-refractivity contribution in [1.82, 2.24) is 10.2 Å². The number of methoxy groups -OCH3 is 1. The van der Waals surface area contributed by atoms with Crippen LogP contribution in [0.4, 0.5) is 0 Å². The summed E-state index contributed by atoms with van der Waals surface area (Å²) >= 11 is 0. The van der Waals surface area contributed by atoms with Crippen LogP contribution in [0.25, 0.3) is 16.5 Å². The number of rotatable bonds is 9. The molecule has 0 spiro atoms. The van der Waals surface area contributed by atoms with Gasteiger partial charge in [-0.25, -0.2) is 0 Å². The first-order chi connectivity index (χ1) is 16.4. The molecule has 1 saturated heterocycles. The molecule has 1 heterocycles. The van der Waals surface area contributed by atoms with E-state index >= 15 is 0 Å². The van der Waals surface area contributed by atoms with Crippen molar-refractivity contribution < 1.29 is 14.6 Å². The molecule has 0 atom stereocenters. The minimum absolute atomic E-state index is 0.0293. The number of aromatic hydroxyl groups is 1. The molecule has 0 amide bonds. The van der Waals surface area contributed by atoms with Crippen LogP contribution in [0.5, 0.6) is 11.5 Å². The van der Waals surface area contributed by atoms with Crippen LogP contribution in [-0.4, -0.2) is 54.5 Å². The van der Waals surface area contributed by atoms with Gasteiger partial charge < -0.3 is 36.3 Å². The number of phenolic OH excluding ortho intramolecular Hbond substituents is 1. The molecule has 192 valence electrons. The molecule has 35 heavy (non-hydrogen) atoms. The summed E-state index contributed by atoms with van der Waals surface area (Å²) in [5.74, 6) is 1.51. The third-order valence-corrected chi connectivity index (χ3v) is 6.56. The number of nitrogens with two attached hydrogens (primary N) is 2. The molecule has 0 aromatic heterocycles. The summed E-state index contributed by atoms with van der Waals surface area (Å²) in [6.45, 7) is 10.1. The van der Waals surface area contributed by atoms with E-state index in [0.29, 0.717) is 36.3 Å². The summed E-state index contributed by atoms with van der Waals surface area (Å²) < 4.78 is 10.8. The number of allylic oxidation sites excluding steroid dienone is 2. The number of hydrogen-bond donors (Lipinski definition) is 4. The van der Waals surface area contributed by atoms with Gasteiger partial charge in [0.05, 0.1) is 12.4 Å². The monoisotopic (exact) mass is 482 g/mol. The second-order valence-corrected chi connectivity index (χ2v) is 10.9. The van der Waals surface area contributed by atoms with Gasteiger partial charge in [-0.05, 0) is 87.7 Å². The van der Waals surface area contributed by atoms with E-state index in [0.717, 1.165) is 35.8 Å². The van der Waals surface area contributed by atoms with Crippen LogP contribution < -0.4 is 21.5 Å². The first kappa shape index (κ1) is 26.7. The molecule has 2 aromatic carbocycles. The van der Waals surface area contributed by atoms with E-state index in [4.69, 9.17) is 20.9 Å². The summed E-state index contributed by atoms with van der Waals surface area (Å²) in [6.07, 6.45) is 6.38. The quantitative estimate of drug-likeness (QED) is 0.312. The van der Waals surface area contributed by atoms with Crippen LogP contribution >= 0.6 is 0 Å². The molecule has 7 heteroatoms. The molecule has 3 rings (SSSR count). The minimum atomic E-state index is 0.0293. The predicted molar refractivity (Wildman–Crippen MR) is 144 cm³/mol. The van der Waals surface area contributed by atoms with E-state index in [2.05, 4.69) is 37.9 Å². The molecule has 0 aliphatic carbocycles. The van der Waals surface area contributed by atoms with Crippen LogP contribution in [0.3, 0.4) is 0 Å². The van der Waals surface area contributed by atoms with Crippen molar-refractivity contribution in [2.45, 2.75) is 64.1 Å². The van der Waals surface area contributed by atoms with Crippen LogP contribution in [0, 0.1) is 0 Å². The number of phenols is 1. The second kappa shape index (κ2) is 10.8. The van der Waals surface area contributed by atoms with Gasteiger partial charge in [0.2, 0.25) is 0 Å². The third-order valence-electron chi connectivity index (χ3n) is 6.56. The van der Waals surface area contributed by atoms with Crippen LogP contribution in [0.15, 0.2) is 48.3 Å². The van der Waals surface area contributed by atoms with E-state index in [9.17, 15) is 5.11 Å². The number of nitrogens with one attached hydrogen (secondary N) is 1. The highest BCUT2D eigenvalue weighted by molar-refractivity contribution is 5.89. The Labute approximate surface area is 209 Å². The number of ether oxygens (including phenoxy) is 2. The van der Waals surface area contributed by atoms with Gasteiger partial charge >= 0.3 is 0 Å². The van der Waals surface area contributed by atoms with Gasteiger partial charge in [0, 0.05) is 55.6 Å². The normalized spacial score (nSPS) is 18.6. The Kier molecular flexibility index (Phi) is 8.23. The lowest BCUT2D eigenvalue weighted by Crippen LogP contribution is -2.61. The largest absolute Gasteiger partial charge is 0.507 e. The fourth-order valence-electron chi connectivity index (χ4n) is 5.11. The van der Waals surface area contributed by atoms with Crippen molar-refractivity contribution in [3.63, 3.8) is 0 Å². The number of benzene rings is 2. The molecule has 0 bridgehead atoms. The molecule has 0 radical (unpaired) electrons. The maximum Gasteiger partial charge on any atom is 0.125 e. The zero-order valence-electron chi connectivity index (χ0n) is 22.0. The molecular formula is C28H42N4O3. The zero-order chi connectivity index (χ0) is 25.8. The highest BCUT2D eigenvalue weighted by Crippen LogP contribution is 2.33. The van der Waals surface area contributed by atoms with Crippen LogP contribution in [0.1, 0.15) is 52.5 Å². The van der Waals surface area contributed by atoms with Crippen molar-refractivity contribution in [2.75, 3.05) is 27.4 Å². The highest BCUT2D eigenvalue weighted by atomic mass is 16.5. The Balaban J connectivity index is 1.75. The summed E-state index contributed by atoms with van der Waals surface area (Å²) in [6, 6.07) is 9.72. The number of fused-ring (bicyclic) bond motifs is 1. The summed E-state index contributed by atoms with van der Waals surface area (Å²) in [5, 5.41) is 16.2. The first-order valence-electron chi connectivity index (χ1n) is 12.2. The smallest absolute Gasteiger partial charge is 0.125 e. The van der Waals surface area contributed by atoms with E-state index in [1.54, 1.807) is 19.3 Å². The highest BCUT2D eigenvalue weighted by Gasteiger charge is 2.39. The minimum Gasteiger partial charge on any atom is -0.507 e. The average Bonchev–Trinajstić information content (AvgIpc) is 2.77. The molecule has 1 aliphatic heterocycles. The van der Waals surface area contributed by atoms with Gasteiger partial charge in [0.15, 0.2) is 0 Å². The van der Waals surface area contributed by atoms with Gasteiger partial charge in [0.25, 0.3) is 0 Å². The fraction of sp³-hybridized carbons (Fsp3) is 0.500. The Hall–Kier alpha value is -2.90. The van der Waals surface area contributed by atoms with E-state index in [-0.39, 0.29) is 16.8 Å². The second-order valence-electron chi connectivity index (χ2n) is 10.9. The Bertz CT molecular complexity index is 1080. The van der Waals surface area contributed by atoms with E-state index in [1.807, 2.05) is 37.4 Å². The van der Waals surface area contributed by atoms with E-state index in [1.165, 1.54) is 0 Å². The molecule has 0 unspecified atom stereocenters. The predicted octanol–water partition coefficient (Wildman–Crippen LogP) is 4.30. The molecule has 2 aromatic rings. The number of nitrogens with zero attached hydrogens (tertiary/aromatic N) is 1. The van der Waals surface area contributed by atoms with Gasteiger partial charge in [0.1, 0.15) is 11.5 Å². The lowest BCUT2D eigenvalue weighted by atomic mass is 9.79. The van der Waals surface area contributed by atoms with Crippen molar-refractivity contribution in [3.05, 3.63) is 53.9 Å². The van der Waals surface area contributed by atoms with Gasteiger partial charge in [-0.3, -0.25) is 0 Å². The van der Waals surface area contributed by atoms with Gasteiger partial charge in [-0.15, -0.1) is 0 Å². The lowest BCUT2D eigenvalue weighted by molar-refractivity contribution is 0.0981. The topological polar surface area (TPSA) is 106 Å². The Morgan fingerprint density at radius 2 is 1.74 bits per heavy atom. The average molecular weight is 483 g/mol. The van der Waals surface area contributed by atoms with Crippen LogP contribution in [0.2, 0.25) is 0 Å². The molecule has 1 aliphatic rings. The molecule has 6 N–H and O–H groups in total. The van der Waals surface area contributed by atoms with Crippen molar-refractivity contribution >= 4 is 16.5 Å². The van der Waals surface area contributed by atoms with Crippen molar-refractivity contribution in [1.29, 1.82) is 0 Å². The Morgan fingerprint density at radius 3 is 2.40 bits per heavy atom. The summed E-state index contributed by atoms with van der Waals surface area (Å²) in [4.78, 5) is 2.13. The zero-order valence-corrected chi connectivity index (χ0v) is 22.0. The lowest BCUT2D eigenvalue weighted by Gasteiger charge is -2.49. The fourth-order valence-corrected chi connectivity index (χ4v) is 5.11. The van der Waals surface area contributed by atoms with Crippen LogP contribution in [-0.2, 0) is 4.74 Å². The maximum atomic E-state index is 10.7. The molecular weight excluding hydrogens is 440 g/mol. The van der Waals surface area contributed by atoms with Gasteiger partial charge in [-0.2, -0.15) is 0 Å². The summed E-state index contributed by atoms with van der Waals surface area (Å²) in [5.41, 5.74) is 13.9.